The van der Waals surface area contributed by atoms with Gasteiger partial charge in [0.25, 0.3) is 0 Å². The lowest BCUT2D eigenvalue weighted by atomic mass is 10.1. The van der Waals surface area contributed by atoms with Crippen LogP contribution in [0.15, 0.2) is 18.3 Å². The van der Waals surface area contributed by atoms with E-state index in [1.807, 2.05) is 12.1 Å². The van der Waals surface area contributed by atoms with Crippen LogP contribution in [-0.4, -0.2) is 10.8 Å². The Hall–Kier alpha value is -1.18. The zero-order valence-electron chi connectivity index (χ0n) is 10.3. The topological polar surface area (TPSA) is 30.0 Å². The van der Waals surface area contributed by atoms with E-state index in [2.05, 4.69) is 18.8 Å². The average molecular weight is 219 g/mol. The maximum absolute atomic E-state index is 11.8. The van der Waals surface area contributed by atoms with E-state index in [1.165, 1.54) is 5.56 Å². The van der Waals surface area contributed by atoms with Crippen molar-refractivity contribution in [2.45, 2.75) is 52.4 Å². The summed E-state index contributed by atoms with van der Waals surface area (Å²) in [5.41, 5.74) is 1.86. The molecule has 0 unspecified atom stereocenters. The summed E-state index contributed by atoms with van der Waals surface area (Å²) in [7, 11) is 0. The van der Waals surface area contributed by atoms with E-state index in [4.69, 9.17) is 0 Å². The van der Waals surface area contributed by atoms with Gasteiger partial charge in [-0.2, -0.15) is 0 Å². The molecule has 0 saturated carbocycles. The predicted molar refractivity (Wildman–Crippen MR) is 66.7 cm³/mol. The van der Waals surface area contributed by atoms with Crippen LogP contribution in [0.1, 0.15) is 62.0 Å². The maximum Gasteiger partial charge on any atom is 0.181 e. The summed E-state index contributed by atoms with van der Waals surface area (Å²) in [5.74, 6) is 0.186. The van der Waals surface area contributed by atoms with E-state index in [1.54, 1.807) is 6.20 Å². The van der Waals surface area contributed by atoms with Gasteiger partial charge in [-0.3, -0.25) is 9.78 Å². The van der Waals surface area contributed by atoms with Gasteiger partial charge in [0.1, 0.15) is 5.69 Å². The molecule has 0 bridgehead atoms. The van der Waals surface area contributed by atoms with Gasteiger partial charge >= 0.3 is 0 Å². The summed E-state index contributed by atoms with van der Waals surface area (Å²) in [6, 6.07) is 3.93. The van der Waals surface area contributed by atoms with Crippen LogP contribution in [0.5, 0.6) is 0 Å². The number of rotatable bonds is 7. The first-order chi connectivity index (χ1) is 7.77. The molecule has 16 heavy (non-hydrogen) atoms. The average Bonchev–Trinajstić information content (AvgIpc) is 2.30. The van der Waals surface area contributed by atoms with E-state index in [9.17, 15) is 4.79 Å². The standard InChI is InChI=1S/C14H21NO/c1-3-5-6-8-14(16)13-11-12(7-4-2)9-10-15-13/h9-11H,3-8H2,1-2H3. The third kappa shape index (κ3) is 4.13. The zero-order chi connectivity index (χ0) is 11.8. The molecular formula is C14H21NO. The Morgan fingerprint density at radius 1 is 1.25 bits per heavy atom. The number of carbonyl (C=O) groups excluding carboxylic acids is 1. The molecular weight excluding hydrogens is 198 g/mol. The van der Waals surface area contributed by atoms with Crippen LogP contribution in [0, 0.1) is 0 Å². The van der Waals surface area contributed by atoms with E-state index in [0.29, 0.717) is 12.1 Å². The van der Waals surface area contributed by atoms with Crippen LogP contribution < -0.4 is 0 Å². The highest BCUT2D eigenvalue weighted by atomic mass is 16.1. The molecule has 0 saturated heterocycles. The maximum atomic E-state index is 11.8. The van der Waals surface area contributed by atoms with E-state index in [0.717, 1.165) is 32.1 Å². The Kier molecular flexibility index (Phi) is 5.76. The lowest BCUT2D eigenvalue weighted by molar-refractivity contribution is 0.0974. The van der Waals surface area contributed by atoms with Crippen LogP contribution in [0.4, 0.5) is 0 Å². The Balaban J connectivity index is 2.57. The van der Waals surface area contributed by atoms with Gasteiger partial charge in [0.2, 0.25) is 0 Å². The van der Waals surface area contributed by atoms with Crippen molar-refractivity contribution in [3.8, 4) is 0 Å². The van der Waals surface area contributed by atoms with Crippen molar-refractivity contribution in [3.05, 3.63) is 29.6 Å². The third-order valence-corrected chi connectivity index (χ3v) is 2.66. The zero-order valence-corrected chi connectivity index (χ0v) is 10.3. The van der Waals surface area contributed by atoms with Crippen molar-refractivity contribution in [3.63, 3.8) is 0 Å². The van der Waals surface area contributed by atoms with Gasteiger partial charge < -0.3 is 0 Å². The molecule has 1 heterocycles. The van der Waals surface area contributed by atoms with Gasteiger partial charge in [0, 0.05) is 12.6 Å². The van der Waals surface area contributed by atoms with Gasteiger partial charge in [0.05, 0.1) is 0 Å². The fourth-order valence-electron chi connectivity index (χ4n) is 1.73. The highest BCUT2D eigenvalue weighted by Gasteiger charge is 2.07. The second-order valence-electron chi connectivity index (χ2n) is 4.18. The van der Waals surface area contributed by atoms with Crippen LogP contribution in [0.25, 0.3) is 0 Å². The predicted octanol–water partition coefficient (Wildman–Crippen LogP) is 3.80. The number of carbonyl (C=O) groups is 1. The van der Waals surface area contributed by atoms with Crippen molar-refractivity contribution in [2.24, 2.45) is 0 Å². The molecule has 1 aromatic heterocycles. The molecule has 0 aromatic carbocycles. The number of pyridine rings is 1. The van der Waals surface area contributed by atoms with Gasteiger partial charge in [-0.1, -0.05) is 33.1 Å². The minimum atomic E-state index is 0.186. The van der Waals surface area contributed by atoms with Gasteiger partial charge in [0.15, 0.2) is 5.78 Å². The molecule has 0 amide bonds. The van der Waals surface area contributed by atoms with Crippen LogP contribution in [0.2, 0.25) is 0 Å². The molecule has 2 nitrogen and oxygen atoms in total. The first-order valence-electron chi connectivity index (χ1n) is 6.26. The Labute approximate surface area is 98.1 Å². The molecule has 0 spiro atoms. The van der Waals surface area contributed by atoms with Crippen LogP contribution >= 0.6 is 0 Å². The summed E-state index contributed by atoms with van der Waals surface area (Å²) in [5, 5.41) is 0. The highest BCUT2D eigenvalue weighted by molar-refractivity contribution is 5.94. The number of aryl methyl sites for hydroxylation is 1. The van der Waals surface area contributed by atoms with Crippen molar-refractivity contribution >= 4 is 5.78 Å². The number of Topliss-reactive ketones (excluding diaryl/α,β-unsaturated/α-hetero) is 1. The van der Waals surface area contributed by atoms with Gasteiger partial charge in [-0.05, 0) is 30.5 Å². The second-order valence-corrected chi connectivity index (χ2v) is 4.18. The monoisotopic (exact) mass is 219 g/mol. The highest BCUT2D eigenvalue weighted by Crippen LogP contribution is 2.09. The fraction of sp³-hybridized carbons (Fsp3) is 0.571. The number of hydrogen-bond donors (Lipinski definition) is 0. The molecule has 0 atom stereocenters. The summed E-state index contributed by atoms with van der Waals surface area (Å²) < 4.78 is 0. The number of hydrogen-bond acceptors (Lipinski definition) is 2. The first kappa shape index (κ1) is 12.9. The molecule has 0 fully saturated rings. The van der Waals surface area contributed by atoms with Crippen molar-refractivity contribution in [1.82, 2.24) is 4.98 Å². The SMILES string of the molecule is CCCCCC(=O)c1cc(CCC)ccn1. The Bertz CT molecular complexity index is 333. The first-order valence-corrected chi connectivity index (χ1v) is 6.26. The molecule has 0 aliphatic carbocycles. The number of aromatic nitrogens is 1. The summed E-state index contributed by atoms with van der Waals surface area (Å²) >= 11 is 0. The summed E-state index contributed by atoms with van der Waals surface area (Å²) in [6.45, 7) is 4.29. The van der Waals surface area contributed by atoms with Crippen molar-refractivity contribution in [2.75, 3.05) is 0 Å². The van der Waals surface area contributed by atoms with Crippen LogP contribution in [-0.2, 0) is 6.42 Å². The molecule has 1 aromatic rings. The molecule has 0 radical (unpaired) electrons. The lowest BCUT2D eigenvalue weighted by Crippen LogP contribution is -2.02. The number of ketones is 1. The Morgan fingerprint density at radius 2 is 2.06 bits per heavy atom. The summed E-state index contributed by atoms with van der Waals surface area (Å²) in [6.07, 6.45) is 7.77. The van der Waals surface area contributed by atoms with Crippen LogP contribution in [0.3, 0.4) is 0 Å². The van der Waals surface area contributed by atoms with E-state index < -0.39 is 0 Å². The largest absolute Gasteiger partial charge is 0.292 e. The minimum absolute atomic E-state index is 0.186. The quantitative estimate of drug-likeness (QED) is 0.515. The van der Waals surface area contributed by atoms with E-state index in [-0.39, 0.29) is 5.78 Å². The molecule has 0 N–H and O–H groups in total. The normalized spacial score (nSPS) is 10.4. The lowest BCUT2D eigenvalue weighted by Gasteiger charge is -2.02. The third-order valence-electron chi connectivity index (χ3n) is 2.66. The molecule has 88 valence electrons. The summed E-state index contributed by atoms with van der Waals surface area (Å²) in [4.78, 5) is 16.0. The van der Waals surface area contributed by atoms with Gasteiger partial charge in [-0.25, -0.2) is 0 Å². The number of nitrogens with zero attached hydrogens (tertiary/aromatic N) is 1. The molecule has 0 aliphatic heterocycles. The van der Waals surface area contributed by atoms with Gasteiger partial charge in [-0.15, -0.1) is 0 Å². The minimum Gasteiger partial charge on any atom is -0.292 e. The molecule has 2 heteroatoms. The van der Waals surface area contributed by atoms with Crippen molar-refractivity contribution in [1.29, 1.82) is 0 Å². The smallest absolute Gasteiger partial charge is 0.181 e. The van der Waals surface area contributed by atoms with E-state index >= 15 is 0 Å². The molecule has 0 aliphatic rings. The van der Waals surface area contributed by atoms with Crippen molar-refractivity contribution < 1.29 is 4.79 Å². The number of unbranched alkanes of at least 4 members (excludes halogenated alkanes) is 2. The fourth-order valence-corrected chi connectivity index (χ4v) is 1.73. The second kappa shape index (κ2) is 7.15. The molecule has 1 rings (SSSR count). The Morgan fingerprint density at radius 3 is 2.75 bits per heavy atom.